The minimum Gasteiger partial charge on any atom is -0.444 e. The first kappa shape index (κ1) is 22.6. The van der Waals surface area contributed by atoms with Crippen molar-refractivity contribution in [3.05, 3.63) is 41.1 Å². The largest absolute Gasteiger partial charge is 0.444 e. The van der Waals surface area contributed by atoms with Crippen LogP contribution in [0.1, 0.15) is 42.4 Å². The third kappa shape index (κ3) is 5.75. The van der Waals surface area contributed by atoms with Gasteiger partial charge in [0, 0.05) is 36.8 Å². The predicted molar refractivity (Wildman–Crippen MR) is 116 cm³/mol. The van der Waals surface area contributed by atoms with Crippen LogP contribution in [-0.2, 0) is 34.8 Å². The maximum Gasteiger partial charge on any atom is 0.410 e. The Morgan fingerprint density at radius 3 is 2.39 bits per heavy atom. The Balaban J connectivity index is 1.76. The lowest BCUT2D eigenvalue weighted by molar-refractivity contribution is 0.0224. The van der Waals surface area contributed by atoms with Gasteiger partial charge >= 0.3 is 6.09 Å². The third-order valence-electron chi connectivity index (χ3n) is 4.53. The summed E-state index contributed by atoms with van der Waals surface area (Å²) >= 11 is 0. The quantitative estimate of drug-likeness (QED) is 0.739. The number of aromatic nitrogens is 2. The molecule has 10 nitrogen and oxygen atoms in total. The summed E-state index contributed by atoms with van der Waals surface area (Å²) in [6, 6.07) is 6.08. The molecule has 0 atom stereocenters. The number of anilines is 2. The second kappa shape index (κ2) is 8.22. The lowest BCUT2D eigenvalue weighted by atomic mass is 10.1. The van der Waals surface area contributed by atoms with Crippen LogP contribution in [-0.4, -0.2) is 53.5 Å². The molecule has 0 saturated carbocycles. The first-order chi connectivity index (χ1) is 14.3. The average Bonchev–Trinajstić information content (AvgIpc) is 2.94. The van der Waals surface area contributed by atoms with Crippen LogP contribution in [0, 0.1) is 0 Å². The fraction of sp³-hybridized carbons (Fsp3) is 0.450. The molecule has 0 spiro atoms. The second-order valence-corrected chi connectivity index (χ2v) is 10.2. The highest BCUT2D eigenvalue weighted by atomic mass is 32.2. The molecule has 0 saturated heterocycles. The van der Waals surface area contributed by atoms with E-state index >= 15 is 0 Å². The van der Waals surface area contributed by atoms with Crippen molar-refractivity contribution < 1.29 is 22.7 Å². The van der Waals surface area contributed by atoms with Crippen LogP contribution in [0.15, 0.2) is 24.3 Å². The van der Waals surface area contributed by atoms with Crippen molar-refractivity contribution >= 4 is 33.5 Å². The molecule has 31 heavy (non-hydrogen) atoms. The molecule has 1 aromatic heterocycles. The fourth-order valence-electron chi connectivity index (χ4n) is 3.22. The summed E-state index contributed by atoms with van der Waals surface area (Å²) in [5.41, 5.74) is 1.72. The van der Waals surface area contributed by atoms with Gasteiger partial charge in [-0.05, 0) is 45.0 Å². The minimum absolute atomic E-state index is 0.283. The number of carbonyl (C=O) groups is 2. The molecule has 0 unspecified atom stereocenters. The Bertz CT molecular complexity index is 1100. The number of aryl methyl sites for hydroxylation is 1. The summed E-state index contributed by atoms with van der Waals surface area (Å²) in [6.45, 7) is 6.21. The Hall–Kier alpha value is -3.08. The third-order valence-corrected chi connectivity index (χ3v) is 5.14. The van der Waals surface area contributed by atoms with Gasteiger partial charge in [-0.15, -0.1) is 0 Å². The van der Waals surface area contributed by atoms with Crippen molar-refractivity contribution in [1.29, 1.82) is 0 Å². The second-order valence-electron chi connectivity index (χ2n) is 8.46. The number of amides is 2. The van der Waals surface area contributed by atoms with Crippen LogP contribution in [0.5, 0.6) is 0 Å². The lowest BCUT2D eigenvalue weighted by Crippen LogP contribution is -2.40. The van der Waals surface area contributed by atoms with Crippen molar-refractivity contribution in [1.82, 2.24) is 14.7 Å². The van der Waals surface area contributed by atoms with Crippen molar-refractivity contribution in [2.45, 2.75) is 39.3 Å². The normalized spacial score (nSPS) is 14.0. The van der Waals surface area contributed by atoms with Crippen LogP contribution in [0.4, 0.5) is 16.3 Å². The number of nitrogens with zero attached hydrogens (tertiary/aromatic N) is 3. The number of benzene rings is 1. The van der Waals surface area contributed by atoms with E-state index in [2.05, 4.69) is 15.1 Å². The molecule has 1 aromatic carbocycles. The molecular weight excluding hydrogens is 422 g/mol. The summed E-state index contributed by atoms with van der Waals surface area (Å²) in [4.78, 5) is 26.8. The molecule has 1 aliphatic rings. The van der Waals surface area contributed by atoms with Crippen LogP contribution < -0.4 is 10.0 Å². The lowest BCUT2D eigenvalue weighted by Gasteiger charge is -2.29. The molecule has 11 heteroatoms. The van der Waals surface area contributed by atoms with Gasteiger partial charge < -0.3 is 15.0 Å². The van der Waals surface area contributed by atoms with Gasteiger partial charge in [0.1, 0.15) is 11.4 Å². The topological polar surface area (TPSA) is 123 Å². The zero-order valence-corrected chi connectivity index (χ0v) is 19.0. The molecule has 1 aliphatic heterocycles. The number of nitrogens with one attached hydrogen (secondary N) is 2. The van der Waals surface area contributed by atoms with Gasteiger partial charge in [-0.2, -0.15) is 5.10 Å². The number of hydrogen-bond donors (Lipinski definition) is 2. The Kier molecular flexibility index (Phi) is 5.99. The molecule has 168 valence electrons. The molecule has 0 bridgehead atoms. The fourth-order valence-corrected chi connectivity index (χ4v) is 3.79. The predicted octanol–water partition coefficient (Wildman–Crippen LogP) is 2.34. The van der Waals surface area contributed by atoms with E-state index in [0.29, 0.717) is 30.0 Å². The van der Waals surface area contributed by atoms with Crippen LogP contribution in [0.2, 0.25) is 0 Å². The maximum atomic E-state index is 12.8. The molecular formula is C20H27N5O5S. The van der Waals surface area contributed by atoms with Crippen LogP contribution in [0.3, 0.4) is 0 Å². The molecule has 3 rings (SSSR count). The van der Waals surface area contributed by atoms with Crippen LogP contribution in [0.25, 0.3) is 0 Å². The Labute approximate surface area is 181 Å². The summed E-state index contributed by atoms with van der Waals surface area (Å²) in [7, 11) is -1.67. The van der Waals surface area contributed by atoms with Crippen molar-refractivity contribution in [3.8, 4) is 0 Å². The number of rotatable bonds is 4. The Morgan fingerprint density at radius 1 is 1.16 bits per heavy atom. The van der Waals surface area contributed by atoms with E-state index in [1.165, 1.54) is 24.3 Å². The summed E-state index contributed by atoms with van der Waals surface area (Å²) in [5, 5.41) is 7.32. The molecule has 2 aromatic rings. The van der Waals surface area contributed by atoms with Gasteiger partial charge in [0.2, 0.25) is 10.0 Å². The zero-order chi connectivity index (χ0) is 23.0. The monoisotopic (exact) mass is 449 g/mol. The smallest absolute Gasteiger partial charge is 0.410 e. The van der Waals surface area contributed by atoms with Gasteiger partial charge in [-0.25, -0.2) is 13.2 Å². The molecule has 2 amide bonds. The highest BCUT2D eigenvalue weighted by Gasteiger charge is 2.30. The number of fused-ring (bicyclic) bond motifs is 1. The highest BCUT2D eigenvalue weighted by Crippen LogP contribution is 2.27. The van der Waals surface area contributed by atoms with E-state index in [-0.39, 0.29) is 12.5 Å². The first-order valence-corrected chi connectivity index (χ1v) is 11.6. The van der Waals surface area contributed by atoms with Crippen molar-refractivity contribution in [2.75, 3.05) is 22.8 Å². The summed E-state index contributed by atoms with van der Waals surface area (Å²) in [6.07, 6.45) is 1.21. The summed E-state index contributed by atoms with van der Waals surface area (Å²) < 4.78 is 32.0. The van der Waals surface area contributed by atoms with Crippen molar-refractivity contribution in [2.24, 2.45) is 7.05 Å². The van der Waals surface area contributed by atoms with Gasteiger partial charge in [-0.3, -0.25) is 14.2 Å². The van der Waals surface area contributed by atoms with Gasteiger partial charge in [-0.1, -0.05) is 0 Å². The molecule has 2 heterocycles. The summed E-state index contributed by atoms with van der Waals surface area (Å²) in [5.74, 6) is 0.137. The average molecular weight is 450 g/mol. The van der Waals surface area contributed by atoms with Gasteiger partial charge in [0.25, 0.3) is 5.91 Å². The van der Waals surface area contributed by atoms with E-state index in [9.17, 15) is 18.0 Å². The van der Waals surface area contributed by atoms with E-state index < -0.39 is 21.7 Å². The number of carbonyl (C=O) groups excluding carboxylic acids is 2. The highest BCUT2D eigenvalue weighted by molar-refractivity contribution is 7.92. The SMILES string of the molecule is Cn1nc2c(c1NC(=O)c1ccc(NS(C)(=O)=O)cc1)CN(C(=O)OC(C)(C)C)CC2. The first-order valence-electron chi connectivity index (χ1n) is 9.74. The van der Waals surface area contributed by atoms with Gasteiger partial charge in [0.15, 0.2) is 0 Å². The van der Waals surface area contributed by atoms with E-state index in [1.807, 2.05) is 20.8 Å². The minimum atomic E-state index is -3.40. The number of ether oxygens (including phenoxy) is 1. The van der Waals surface area contributed by atoms with E-state index in [1.54, 1.807) is 16.6 Å². The van der Waals surface area contributed by atoms with E-state index in [4.69, 9.17) is 4.74 Å². The number of hydrogen-bond acceptors (Lipinski definition) is 6. The maximum absolute atomic E-state index is 12.8. The van der Waals surface area contributed by atoms with Crippen molar-refractivity contribution in [3.63, 3.8) is 0 Å². The van der Waals surface area contributed by atoms with E-state index in [0.717, 1.165) is 17.5 Å². The zero-order valence-electron chi connectivity index (χ0n) is 18.2. The molecule has 2 N–H and O–H groups in total. The number of sulfonamides is 1. The Morgan fingerprint density at radius 2 is 1.81 bits per heavy atom. The molecule has 0 aliphatic carbocycles. The molecule has 0 fully saturated rings. The molecule has 0 radical (unpaired) electrons. The van der Waals surface area contributed by atoms with Crippen LogP contribution >= 0.6 is 0 Å². The standard InChI is InChI=1S/C20H27N5O5S/c1-20(2,3)30-19(27)25-11-10-16-15(12-25)17(24(4)22-16)21-18(26)13-6-8-14(9-7-13)23-31(5,28)29/h6-9,23H,10-12H2,1-5H3,(H,21,26). The van der Waals surface area contributed by atoms with Gasteiger partial charge in [0.05, 0.1) is 18.5 Å².